The summed E-state index contributed by atoms with van der Waals surface area (Å²) in [5.74, 6) is -1.01. The minimum absolute atomic E-state index is 0.164. The van der Waals surface area contributed by atoms with Gasteiger partial charge in [-0.2, -0.15) is 0 Å². The summed E-state index contributed by atoms with van der Waals surface area (Å²) in [7, 11) is -3.20. The van der Waals surface area contributed by atoms with E-state index in [4.69, 9.17) is 5.11 Å². The van der Waals surface area contributed by atoms with E-state index in [9.17, 15) is 13.2 Å². The van der Waals surface area contributed by atoms with Gasteiger partial charge in [0.1, 0.15) is 0 Å². The fourth-order valence-corrected chi connectivity index (χ4v) is 2.31. The summed E-state index contributed by atoms with van der Waals surface area (Å²) in [6, 6.07) is 9.28. The number of sulfone groups is 1. The number of aromatic carboxylic acids is 1. The molecule has 5 nitrogen and oxygen atoms in total. The van der Waals surface area contributed by atoms with E-state index in [0.29, 0.717) is 5.69 Å². The number of benzene rings is 1. The molecule has 0 spiro atoms. The standard InChI is InChI=1S/C15H13NO4S/c1-21(19,20)14-6-3-11(4-7-14)2-5-13-10-12(15(17)18)8-9-16-13/h2-10H,1H3,(H,17,18)/b5-2+. The molecule has 0 saturated heterocycles. The van der Waals surface area contributed by atoms with Crippen molar-refractivity contribution in [2.24, 2.45) is 0 Å². The van der Waals surface area contributed by atoms with Gasteiger partial charge in [-0.1, -0.05) is 18.2 Å². The lowest BCUT2D eigenvalue weighted by Crippen LogP contribution is -1.97. The molecule has 0 saturated carbocycles. The molecule has 2 aromatic rings. The number of rotatable bonds is 4. The van der Waals surface area contributed by atoms with E-state index in [1.807, 2.05) is 0 Å². The van der Waals surface area contributed by atoms with Crippen LogP contribution in [0.15, 0.2) is 47.5 Å². The van der Waals surface area contributed by atoms with Crippen LogP contribution in [0.4, 0.5) is 0 Å². The van der Waals surface area contributed by atoms with Crippen LogP contribution in [-0.2, 0) is 9.84 Å². The quantitative estimate of drug-likeness (QED) is 0.937. The Kier molecular flexibility index (Phi) is 4.18. The minimum Gasteiger partial charge on any atom is -0.478 e. The number of hydrogen-bond acceptors (Lipinski definition) is 4. The summed E-state index contributed by atoms with van der Waals surface area (Å²) >= 11 is 0. The highest BCUT2D eigenvalue weighted by atomic mass is 32.2. The molecule has 0 radical (unpaired) electrons. The van der Waals surface area contributed by atoms with Crippen LogP contribution in [0.5, 0.6) is 0 Å². The summed E-state index contributed by atoms with van der Waals surface area (Å²) in [5.41, 5.74) is 1.48. The Bertz CT molecular complexity index is 793. The van der Waals surface area contributed by atoms with Gasteiger partial charge >= 0.3 is 5.97 Å². The number of pyridine rings is 1. The van der Waals surface area contributed by atoms with Crippen molar-refractivity contribution in [1.29, 1.82) is 0 Å². The van der Waals surface area contributed by atoms with Crippen molar-refractivity contribution in [2.45, 2.75) is 4.90 Å². The Morgan fingerprint density at radius 1 is 1.14 bits per heavy atom. The molecule has 1 heterocycles. The van der Waals surface area contributed by atoms with Crippen molar-refractivity contribution in [3.05, 3.63) is 59.4 Å². The van der Waals surface area contributed by atoms with Gasteiger partial charge in [0, 0.05) is 12.5 Å². The Balaban J connectivity index is 2.22. The first kappa shape index (κ1) is 14.9. The lowest BCUT2D eigenvalue weighted by Gasteiger charge is -1.99. The van der Waals surface area contributed by atoms with Gasteiger partial charge in [-0.25, -0.2) is 13.2 Å². The van der Waals surface area contributed by atoms with E-state index >= 15 is 0 Å². The molecule has 1 N–H and O–H groups in total. The van der Waals surface area contributed by atoms with Crippen LogP contribution in [-0.4, -0.2) is 30.7 Å². The Morgan fingerprint density at radius 3 is 2.38 bits per heavy atom. The molecule has 2 rings (SSSR count). The van der Waals surface area contributed by atoms with E-state index in [2.05, 4.69) is 4.98 Å². The summed E-state index contributed by atoms with van der Waals surface area (Å²) in [6.07, 6.45) is 5.98. The van der Waals surface area contributed by atoms with Gasteiger partial charge in [0.05, 0.1) is 16.2 Å². The molecule has 21 heavy (non-hydrogen) atoms. The average Bonchev–Trinajstić information content (AvgIpc) is 2.45. The van der Waals surface area contributed by atoms with Gasteiger partial charge in [-0.3, -0.25) is 4.98 Å². The molecule has 1 aromatic carbocycles. The van der Waals surface area contributed by atoms with Crippen LogP contribution in [0, 0.1) is 0 Å². The largest absolute Gasteiger partial charge is 0.478 e. The number of carbonyl (C=O) groups is 1. The van der Waals surface area contributed by atoms with Crippen LogP contribution in [0.25, 0.3) is 12.2 Å². The fourth-order valence-electron chi connectivity index (χ4n) is 1.68. The molecular formula is C15H13NO4S. The maximum Gasteiger partial charge on any atom is 0.335 e. The number of carboxylic acid groups (broad SMARTS) is 1. The Morgan fingerprint density at radius 2 is 1.81 bits per heavy atom. The summed E-state index contributed by atoms with van der Waals surface area (Å²) in [4.78, 5) is 15.2. The van der Waals surface area contributed by atoms with Crippen molar-refractivity contribution in [3.63, 3.8) is 0 Å². The third kappa shape index (κ3) is 4.00. The maximum absolute atomic E-state index is 11.3. The van der Waals surface area contributed by atoms with Crippen LogP contribution in [0.3, 0.4) is 0 Å². The van der Waals surface area contributed by atoms with Gasteiger partial charge < -0.3 is 5.11 Å². The average molecular weight is 303 g/mol. The predicted molar refractivity (Wildman–Crippen MR) is 79.7 cm³/mol. The molecule has 0 bridgehead atoms. The van der Waals surface area contributed by atoms with Crippen molar-refractivity contribution in [2.75, 3.05) is 6.26 Å². The lowest BCUT2D eigenvalue weighted by atomic mass is 10.1. The number of carboxylic acids is 1. The highest BCUT2D eigenvalue weighted by molar-refractivity contribution is 7.90. The maximum atomic E-state index is 11.3. The molecule has 0 fully saturated rings. The van der Waals surface area contributed by atoms with E-state index in [-0.39, 0.29) is 10.5 Å². The predicted octanol–water partition coefficient (Wildman–Crippen LogP) is 2.35. The third-order valence-electron chi connectivity index (χ3n) is 2.78. The zero-order valence-electron chi connectivity index (χ0n) is 11.2. The Hall–Kier alpha value is -2.47. The van der Waals surface area contributed by atoms with Gasteiger partial charge in [0.25, 0.3) is 0 Å². The van der Waals surface area contributed by atoms with Gasteiger partial charge in [-0.05, 0) is 35.9 Å². The second kappa shape index (κ2) is 5.88. The molecule has 0 aliphatic rings. The molecule has 0 atom stereocenters. The second-order valence-corrected chi connectivity index (χ2v) is 6.46. The summed E-state index contributed by atoms with van der Waals surface area (Å²) < 4.78 is 22.7. The van der Waals surface area contributed by atoms with E-state index in [1.165, 1.54) is 30.5 Å². The number of nitrogens with zero attached hydrogens (tertiary/aromatic N) is 1. The lowest BCUT2D eigenvalue weighted by molar-refractivity contribution is 0.0696. The molecular weight excluding hydrogens is 290 g/mol. The van der Waals surface area contributed by atoms with Crippen molar-refractivity contribution in [3.8, 4) is 0 Å². The Labute approximate surface area is 122 Å². The zero-order valence-corrected chi connectivity index (χ0v) is 12.0. The van der Waals surface area contributed by atoms with Gasteiger partial charge in [0.15, 0.2) is 9.84 Å². The molecule has 108 valence electrons. The monoisotopic (exact) mass is 303 g/mol. The van der Waals surface area contributed by atoms with E-state index < -0.39 is 15.8 Å². The van der Waals surface area contributed by atoms with Crippen molar-refractivity contribution < 1.29 is 18.3 Å². The first-order valence-corrected chi connectivity index (χ1v) is 7.93. The molecule has 6 heteroatoms. The van der Waals surface area contributed by atoms with Crippen LogP contribution < -0.4 is 0 Å². The third-order valence-corrected chi connectivity index (χ3v) is 3.91. The van der Waals surface area contributed by atoms with Gasteiger partial charge in [0.2, 0.25) is 0 Å². The topological polar surface area (TPSA) is 84.3 Å². The highest BCUT2D eigenvalue weighted by Crippen LogP contribution is 2.13. The second-order valence-electron chi connectivity index (χ2n) is 4.45. The first-order valence-electron chi connectivity index (χ1n) is 6.04. The molecule has 0 amide bonds. The van der Waals surface area contributed by atoms with Crippen LogP contribution in [0.2, 0.25) is 0 Å². The summed E-state index contributed by atoms with van der Waals surface area (Å²) in [5, 5.41) is 8.89. The van der Waals surface area contributed by atoms with Crippen LogP contribution >= 0.6 is 0 Å². The molecule has 0 aliphatic carbocycles. The normalized spacial score (nSPS) is 11.7. The smallest absolute Gasteiger partial charge is 0.335 e. The SMILES string of the molecule is CS(=O)(=O)c1ccc(/C=C/c2cc(C(=O)O)ccn2)cc1. The van der Waals surface area contributed by atoms with Crippen molar-refractivity contribution in [1.82, 2.24) is 4.98 Å². The van der Waals surface area contributed by atoms with E-state index in [0.717, 1.165) is 11.8 Å². The fraction of sp³-hybridized carbons (Fsp3) is 0.0667. The van der Waals surface area contributed by atoms with E-state index in [1.54, 1.807) is 24.3 Å². The summed E-state index contributed by atoms with van der Waals surface area (Å²) in [6.45, 7) is 0. The number of hydrogen-bond donors (Lipinski definition) is 1. The number of aromatic nitrogens is 1. The first-order chi connectivity index (χ1) is 9.86. The van der Waals surface area contributed by atoms with Crippen molar-refractivity contribution >= 4 is 28.0 Å². The van der Waals surface area contributed by atoms with Crippen LogP contribution in [0.1, 0.15) is 21.6 Å². The molecule has 0 aliphatic heterocycles. The minimum atomic E-state index is -3.20. The van der Waals surface area contributed by atoms with Gasteiger partial charge in [-0.15, -0.1) is 0 Å². The highest BCUT2D eigenvalue weighted by Gasteiger charge is 2.05. The molecule has 0 unspecified atom stereocenters. The molecule has 1 aromatic heterocycles. The zero-order chi connectivity index (χ0) is 15.5.